The van der Waals surface area contributed by atoms with E-state index in [-0.39, 0.29) is 18.9 Å². The fourth-order valence-electron chi connectivity index (χ4n) is 1.52. The van der Waals surface area contributed by atoms with Crippen LogP contribution >= 0.6 is 0 Å². The summed E-state index contributed by atoms with van der Waals surface area (Å²) in [6.07, 6.45) is -4.11. The second kappa shape index (κ2) is 3.46. The van der Waals surface area contributed by atoms with E-state index in [4.69, 9.17) is 0 Å². The Morgan fingerprint density at radius 3 is 2.81 bits per heavy atom. The Kier molecular flexibility index (Phi) is 2.36. The van der Waals surface area contributed by atoms with E-state index in [0.29, 0.717) is 6.20 Å². The number of halogens is 4. The molecule has 0 aromatic carbocycles. The Balaban J connectivity index is 2.36. The van der Waals surface area contributed by atoms with Gasteiger partial charge in [0.05, 0.1) is 6.20 Å². The Bertz CT molecular complexity index is 467. The van der Waals surface area contributed by atoms with Gasteiger partial charge in [-0.25, -0.2) is 4.98 Å². The lowest BCUT2D eigenvalue weighted by molar-refractivity contribution is -0.145. The maximum absolute atomic E-state index is 12.8. The summed E-state index contributed by atoms with van der Waals surface area (Å²) in [5.41, 5.74) is -0.960. The second-order valence-electron chi connectivity index (χ2n) is 3.41. The van der Waals surface area contributed by atoms with Crippen LogP contribution in [0.15, 0.2) is 11.0 Å². The molecule has 1 N–H and O–H groups in total. The van der Waals surface area contributed by atoms with E-state index in [1.165, 1.54) is 0 Å². The molecule has 0 spiro atoms. The van der Waals surface area contributed by atoms with Crippen molar-refractivity contribution < 1.29 is 17.6 Å². The number of rotatable bonds is 0. The molecule has 1 aliphatic rings. The fraction of sp³-hybridized carbons (Fsp3) is 0.500. The molecule has 0 fully saturated rings. The lowest BCUT2D eigenvalue weighted by Gasteiger charge is -2.28. The second-order valence-corrected chi connectivity index (χ2v) is 3.41. The van der Waals surface area contributed by atoms with Crippen LogP contribution < -0.4 is 10.9 Å². The average Bonchev–Trinajstić information content (AvgIpc) is 2.22. The van der Waals surface area contributed by atoms with E-state index in [1.54, 1.807) is 0 Å². The molecule has 2 heterocycles. The predicted molar refractivity (Wildman–Crippen MR) is 46.5 cm³/mol. The Morgan fingerprint density at radius 1 is 1.50 bits per heavy atom. The lowest BCUT2D eigenvalue weighted by Crippen LogP contribution is -2.44. The number of nitrogens with zero attached hydrogens (tertiary/aromatic N) is 2. The number of hydrogen-bond donors (Lipinski definition) is 1. The maximum atomic E-state index is 12.8. The van der Waals surface area contributed by atoms with Gasteiger partial charge in [0, 0.05) is 6.54 Å². The SMILES string of the molecule is O=c1c(F)cnc2n1CCC(C(F)(F)F)N2. The van der Waals surface area contributed by atoms with Crippen molar-refractivity contribution in [2.24, 2.45) is 0 Å². The molecule has 0 radical (unpaired) electrons. The molecule has 1 unspecified atom stereocenters. The van der Waals surface area contributed by atoms with E-state index < -0.39 is 23.6 Å². The summed E-state index contributed by atoms with van der Waals surface area (Å²) in [6, 6.07) is -1.75. The molecule has 0 saturated heterocycles. The van der Waals surface area contributed by atoms with Crippen molar-refractivity contribution in [3.8, 4) is 0 Å². The van der Waals surface area contributed by atoms with Gasteiger partial charge in [-0.2, -0.15) is 17.6 Å². The molecule has 1 aromatic rings. The summed E-state index contributed by atoms with van der Waals surface area (Å²) in [5.74, 6) is -1.32. The highest BCUT2D eigenvalue weighted by Gasteiger charge is 2.41. The van der Waals surface area contributed by atoms with Gasteiger partial charge in [-0.15, -0.1) is 0 Å². The summed E-state index contributed by atoms with van der Waals surface area (Å²) >= 11 is 0. The summed E-state index contributed by atoms with van der Waals surface area (Å²) in [7, 11) is 0. The number of alkyl halides is 3. The summed E-state index contributed by atoms with van der Waals surface area (Å²) < 4.78 is 50.7. The van der Waals surface area contributed by atoms with Crippen LogP contribution in [0.3, 0.4) is 0 Å². The monoisotopic (exact) mass is 237 g/mol. The third-order valence-corrected chi connectivity index (χ3v) is 2.35. The first-order chi connectivity index (χ1) is 7.39. The minimum Gasteiger partial charge on any atom is -0.344 e. The van der Waals surface area contributed by atoms with Gasteiger partial charge in [0.25, 0.3) is 5.56 Å². The van der Waals surface area contributed by atoms with Crippen LogP contribution in [-0.4, -0.2) is 21.8 Å². The molecule has 0 bridgehead atoms. The van der Waals surface area contributed by atoms with Gasteiger partial charge >= 0.3 is 6.18 Å². The average molecular weight is 237 g/mol. The van der Waals surface area contributed by atoms with Crippen molar-refractivity contribution in [3.63, 3.8) is 0 Å². The summed E-state index contributed by atoms with van der Waals surface area (Å²) in [5, 5.41) is 2.07. The van der Waals surface area contributed by atoms with Gasteiger partial charge in [0.1, 0.15) is 6.04 Å². The largest absolute Gasteiger partial charge is 0.408 e. The number of aromatic nitrogens is 2. The van der Waals surface area contributed by atoms with Gasteiger partial charge in [0.15, 0.2) is 0 Å². The first kappa shape index (κ1) is 10.9. The normalized spacial score (nSPS) is 20.1. The van der Waals surface area contributed by atoms with Crippen LogP contribution in [-0.2, 0) is 6.54 Å². The molecule has 4 nitrogen and oxygen atoms in total. The lowest BCUT2D eigenvalue weighted by atomic mass is 10.1. The van der Waals surface area contributed by atoms with Gasteiger partial charge in [0.2, 0.25) is 11.8 Å². The van der Waals surface area contributed by atoms with Crippen LogP contribution in [0.1, 0.15) is 6.42 Å². The molecule has 88 valence electrons. The number of hydrogen-bond acceptors (Lipinski definition) is 3. The van der Waals surface area contributed by atoms with Crippen molar-refractivity contribution in [3.05, 3.63) is 22.4 Å². The van der Waals surface area contributed by atoms with E-state index in [9.17, 15) is 22.4 Å². The minimum atomic E-state index is -4.41. The first-order valence-corrected chi connectivity index (χ1v) is 4.48. The number of anilines is 1. The molecule has 8 heteroatoms. The van der Waals surface area contributed by atoms with Gasteiger partial charge < -0.3 is 5.32 Å². The Labute approximate surface area is 86.9 Å². The third-order valence-electron chi connectivity index (χ3n) is 2.35. The van der Waals surface area contributed by atoms with Crippen LogP contribution in [0, 0.1) is 5.82 Å². The molecule has 1 atom stereocenters. The molecule has 16 heavy (non-hydrogen) atoms. The standard InChI is InChI=1S/C8H7F4N3O/c9-4-3-13-7-14-5(8(10,11)12)1-2-15(7)6(4)16/h3,5H,1-2H2,(H,13,14). The van der Waals surface area contributed by atoms with Gasteiger partial charge in [-0.3, -0.25) is 9.36 Å². The van der Waals surface area contributed by atoms with Crippen molar-refractivity contribution in [1.29, 1.82) is 0 Å². The zero-order chi connectivity index (χ0) is 11.9. The fourth-order valence-corrected chi connectivity index (χ4v) is 1.52. The van der Waals surface area contributed by atoms with Gasteiger partial charge in [-0.05, 0) is 6.42 Å². The summed E-state index contributed by atoms with van der Waals surface area (Å²) in [4.78, 5) is 14.6. The van der Waals surface area contributed by atoms with Crippen molar-refractivity contribution in [1.82, 2.24) is 9.55 Å². The van der Waals surface area contributed by atoms with E-state index >= 15 is 0 Å². The summed E-state index contributed by atoms with van der Waals surface area (Å²) in [6.45, 7) is -0.198. The minimum absolute atomic E-state index is 0.198. The quantitative estimate of drug-likeness (QED) is 0.688. The first-order valence-electron chi connectivity index (χ1n) is 4.48. The number of fused-ring (bicyclic) bond motifs is 1. The van der Waals surface area contributed by atoms with Crippen molar-refractivity contribution in [2.45, 2.75) is 25.2 Å². The molecule has 2 rings (SSSR count). The van der Waals surface area contributed by atoms with Gasteiger partial charge in [-0.1, -0.05) is 0 Å². The van der Waals surface area contributed by atoms with E-state index in [0.717, 1.165) is 4.57 Å². The molecule has 1 aromatic heterocycles. The molecule has 0 aliphatic carbocycles. The maximum Gasteiger partial charge on any atom is 0.408 e. The van der Waals surface area contributed by atoms with Crippen LogP contribution in [0.25, 0.3) is 0 Å². The smallest absolute Gasteiger partial charge is 0.344 e. The zero-order valence-corrected chi connectivity index (χ0v) is 7.88. The predicted octanol–water partition coefficient (Wildman–Crippen LogP) is 1.13. The van der Waals surface area contributed by atoms with Crippen molar-refractivity contribution in [2.75, 3.05) is 5.32 Å². The molecular weight excluding hydrogens is 230 g/mol. The zero-order valence-electron chi connectivity index (χ0n) is 7.88. The van der Waals surface area contributed by atoms with E-state index in [2.05, 4.69) is 10.3 Å². The molecular formula is C8H7F4N3O. The van der Waals surface area contributed by atoms with Crippen LogP contribution in [0.4, 0.5) is 23.5 Å². The Morgan fingerprint density at radius 2 is 2.19 bits per heavy atom. The molecule has 1 aliphatic heterocycles. The van der Waals surface area contributed by atoms with Crippen molar-refractivity contribution >= 4 is 5.95 Å². The highest BCUT2D eigenvalue weighted by Crippen LogP contribution is 2.28. The highest BCUT2D eigenvalue weighted by atomic mass is 19.4. The highest BCUT2D eigenvalue weighted by molar-refractivity contribution is 5.30. The topological polar surface area (TPSA) is 46.9 Å². The van der Waals surface area contributed by atoms with Crippen LogP contribution in [0.2, 0.25) is 0 Å². The molecule has 0 saturated carbocycles. The number of nitrogens with one attached hydrogen (secondary N) is 1. The Hall–Kier alpha value is -1.60. The third kappa shape index (κ3) is 1.74. The molecule has 0 amide bonds. The van der Waals surface area contributed by atoms with Crippen LogP contribution in [0.5, 0.6) is 0 Å². The van der Waals surface area contributed by atoms with E-state index in [1.807, 2.05) is 0 Å².